The van der Waals surface area contributed by atoms with Crippen molar-refractivity contribution in [2.45, 2.75) is 12.3 Å². The first-order valence-corrected chi connectivity index (χ1v) is 9.07. The van der Waals surface area contributed by atoms with E-state index >= 15 is 0 Å². The van der Waals surface area contributed by atoms with E-state index in [1.807, 2.05) is 42.5 Å². The number of methoxy groups -OCH3 is 1. The quantitative estimate of drug-likeness (QED) is 0.801. The third kappa shape index (κ3) is 2.53. The van der Waals surface area contributed by atoms with Gasteiger partial charge >= 0.3 is 0 Å². The number of hydrogen-bond acceptors (Lipinski definition) is 2. The topological polar surface area (TPSA) is 26.3 Å². The van der Waals surface area contributed by atoms with Gasteiger partial charge in [0, 0.05) is 17.6 Å². The summed E-state index contributed by atoms with van der Waals surface area (Å²) in [6, 6.07) is 18.1. The Labute approximate surface area is 120 Å². The molecule has 2 nitrogen and oxygen atoms in total. The molecule has 1 heterocycles. The van der Waals surface area contributed by atoms with Gasteiger partial charge in [-0.25, -0.2) is 0 Å². The lowest BCUT2D eigenvalue weighted by Crippen LogP contribution is -2.06. The van der Waals surface area contributed by atoms with E-state index < -0.39 is 7.14 Å². The van der Waals surface area contributed by atoms with Gasteiger partial charge in [-0.1, -0.05) is 42.5 Å². The Bertz CT molecular complexity index is 619. The summed E-state index contributed by atoms with van der Waals surface area (Å²) < 4.78 is 18.3. The van der Waals surface area contributed by atoms with Crippen molar-refractivity contribution in [3.05, 3.63) is 60.2 Å². The molecule has 20 heavy (non-hydrogen) atoms. The molecular weight excluding hydrogens is 267 g/mol. The van der Waals surface area contributed by atoms with Crippen molar-refractivity contribution in [2.75, 3.05) is 19.4 Å². The highest BCUT2D eigenvalue weighted by atomic mass is 31.2. The van der Waals surface area contributed by atoms with Gasteiger partial charge in [0.25, 0.3) is 0 Å². The number of ether oxygens (including phenoxy) is 1. The van der Waals surface area contributed by atoms with Gasteiger partial charge in [-0.2, -0.15) is 0 Å². The lowest BCUT2D eigenvalue weighted by Gasteiger charge is -2.13. The molecule has 0 aromatic heterocycles. The van der Waals surface area contributed by atoms with Crippen LogP contribution in [0.5, 0.6) is 5.75 Å². The molecule has 0 N–H and O–H groups in total. The first-order valence-electron chi connectivity index (χ1n) is 6.99. The van der Waals surface area contributed by atoms with Gasteiger partial charge in [-0.3, -0.25) is 0 Å². The van der Waals surface area contributed by atoms with E-state index in [0.717, 1.165) is 29.8 Å². The fourth-order valence-electron chi connectivity index (χ4n) is 2.99. The lowest BCUT2D eigenvalue weighted by molar-refractivity contribution is 0.414. The van der Waals surface area contributed by atoms with Crippen molar-refractivity contribution in [1.82, 2.24) is 0 Å². The molecule has 0 saturated carbocycles. The van der Waals surface area contributed by atoms with Crippen LogP contribution < -0.4 is 10.0 Å². The minimum absolute atomic E-state index is 0.409. The zero-order valence-corrected chi connectivity index (χ0v) is 12.6. The molecule has 2 atom stereocenters. The van der Waals surface area contributed by atoms with Gasteiger partial charge in [0.05, 0.1) is 7.11 Å². The summed E-state index contributed by atoms with van der Waals surface area (Å²) in [6.07, 6.45) is 2.63. The van der Waals surface area contributed by atoms with Crippen LogP contribution >= 0.6 is 7.14 Å². The molecule has 0 amide bonds. The van der Waals surface area contributed by atoms with Crippen molar-refractivity contribution >= 4 is 12.4 Å². The molecule has 0 aliphatic carbocycles. The Morgan fingerprint density at radius 3 is 2.40 bits per heavy atom. The van der Waals surface area contributed by atoms with Crippen LogP contribution in [0.1, 0.15) is 17.9 Å². The maximum absolute atomic E-state index is 13.1. The summed E-state index contributed by atoms with van der Waals surface area (Å²) >= 11 is 0. The average Bonchev–Trinajstić information content (AvgIpc) is 2.92. The maximum Gasteiger partial charge on any atom is 0.118 e. The monoisotopic (exact) mass is 286 g/mol. The Kier molecular flexibility index (Phi) is 3.67. The van der Waals surface area contributed by atoms with Crippen LogP contribution in [0.4, 0.5) is 0 Å². The van der Waals surface area contributed by atoms with E-state index in [1.165, 1.54) is 5.56 Å². The Balaban J connectivity index is 1.81. The highest BCUT2D eigenvalue weighted by Crippen LogP contribution is 2.55. The molecule has 0 unspecified atom stereocenters. The fourth-order valence-corrected chi connectivity index (χ4v) is 6.19. The average molecular weight is 286 g/mol. The first kappa shape index (κ1) is 13.5. The molecule has 3 heteroatoms. The minimum Gasteiger partial charge on any atom is -0.497 e. The molecule has 2 aromatic carbocycles. The molecule has 0 radical (unpaired) electrons. The van der Waals surface area contributed by atoms with Crippen LogP contribution in [0.2, 0.25) is 0 Å². The van der Waals surface area contributed by atoms with Crippen LogP contribution in [0.3, 0.4) is 0 Å². The second-order valence-electron chi connectivity index (χ2n) is 5.39. The lowest BCUT2D eigenvalue weighted by atomic mass is 9.99. The van der Waals surface area contributed by atoms with Crippen molar-refractivity contribution < 1.29 is 9.30 Å². The predicted octanol–water partition coefficient (Wildman–Crippen LogP) is 3.87. The summed E-state index contributed by atoms with van der Waals surface area (Å²) in [5.74, 6) is 1.28. The molecule has 104 valence electrons. The summed E-state index contributed by atoms with van der Waals surface area (Å²) in [4.78, 5) is 0. The van der Waals surface area contributed by atoms with Crippen LogP contribution in [0.25, 0.3) is 0 Å². The van der Waals surface area contributed by atoms with Gasteiger partial charge in [-0.15, -0.1) is 0 Å². The normalized spacial score (nSPS) is 25.6. The Morgan fingerprint density at radius 2 is 1.75 bits per heavy atom. The van der Waals surface area contributed by atoms with Crippen LogP contribution in [0, 0.1) is 0 Å². The van der Waals surface area contributed by atoms with E-state index in [0.29, 0.717) is 5.92 Å². The maximum atomic E-state index is 13.1. The van der Waals surface area contributed by atoms with Crippen LogP contribution in [-0.2, 0) is 4.57 Å². The van der Waals surface area contributed by atoms with E-state index in [4.69, 9.17) is 4.74 Å². The number of hydrogen-bond donors (Lipinski definition) is 0. The SMILES string of the molecule is COc1ccc([C@@H]2CC[P@@](=O)(c3ccccc3)C2)cc1. The van der Waals surface area contributed by atoms with Gasteiger partial charge in [-0.05, 0) is 30.0 Å². The second kappa shape index (κ2) is 5.46. The number of benzene rings is 2. The molecule has 1 aliphatic heterocycles. The Hall–Kier alpha value is -1.53. The first-order chi connectivity index (χ1) is 9.71. The molecule has 1 aliphatic rings. The highest BCUT2D eigenvalue weighted by molar-refractivity contribution is 7.71. The Morgan fingerprint density at radius 1 is 1.05 bits per heavy atom. The third-order valence-electron chi connectivity index (χ3n) is 4.17. The largest absolute Gasteiger partial charge is 0.497 e. The van der Waals surface area contributed by atoms with Crippen molar-refractivity contribution in [2.24, 2.45) is 0 Å². The predicted molar refractivity (Wildman–Crippen MR) is 83.8 cm³/mol. The summed E-state index contributed by atoms with van der Waals surface area (Å²) in [6.45, 7) is 0. The number of rotatable bonds is 3. The standard InChI is InChI=1S/C17H19O2P/c1-19-16-9-7-14(8-10-16)15-11-12-20(18,13-15)17-5-3-2-4-6-17/h2-10,15H,11-13H2,1H3/t15-,20+/m1/s1. The highest BCUT2D eigenvalue weighted by Gasteiger charge is 2.35. The zero-order valence-electron chi connectivity index (χ0n) is 11.7. The zero-order chi connectivity index (χ0) is 14.0. The molecule has 3 rings (SSSR count). The van der Waals surface area contributed by atoms with Crippen molar-refractivity contribution in [1.29, 1.82) is 0 Å². The summed E-state index contributed by atoms with van der Waals surface area (Å²) in [7, 11) is -0.519. The van der Waals surface area contributed by atoms with E-state index in [-0.39, 0.29) is 0 Å². The van der Waals surface area contributed by atoms with E-state index in [1.54, 1.807) is 7.11 Å². The fraction of sp³-hybridized carbons (Fsp3) is 0.294. The molecule has 1 fully saturated rings. The second-order valence-corrected chi connectivity index (χ2v) is 8.50. The molecule has 0 spiro atoms. The van der Waals surface area contributed by atoms with Crippen LogP contribution in [0.15, 0.2) is 54.6 Å². The van der Waals surface area contributed by atoms with Gasteiger partial charge in [0.1, 0.15) is 12.9 Å². The van der Waals surface area contributed by atoms with Gasteiger partial charge < -0.3 is 9.30 Å². The molecule has 1 saturated heterocycles. The van der Waals surface area contributed by atoms with Gasteiger partial charge in [0.2, 0.25) is 0 Å². The smallest absolute Gasteiger partial charge is 0.118 e. The third-order valence-corrected chi connectivity index (χ3v) is 7.42. The van der Waals surface area contributed by atoms with Crippen molar-refractivity contribution in [3.63, 3.8) is 0 Å². The minimum atomic E-state index is -2.19. The van der Waals surface area contributed by atoms with E-state index in [9.17, 15) is 4.57 Å². The molecule has 0 bridgehead atoms. The van der Waals surface area contributed by atoms with Gasteiger partial charge in [0.15, 0.2) is 0 Å². The van der Waals surface area contributed by atoms with Crippen molar-refractivity contribution in [3.8, 4) is 5.75 Å². The van der Waals surface area contributed by atoms with Crippen LogP contribution in [-0.4, -0.2) is 19.4 Å². The summed E-state index contributed by atoms with van der Waals surface area (Å²) in [5, 5.41) is 1.04. The molecular formula is C17H19O2P. The molecule has 2 aromatic rings. The summed E-state index contributed by atoms with van der Waals surface area (Å²) in [5.41, 5.74) is 1.28. The van der Waals surface area contributed by atoms with E-state index in [2.05, 4.69) is 12.1 Å².